The molecule has 1 fully saturated rings. The normalized spacial score (nSPS) is 14.1. The predicted molar refractivity (Wildman–Crippen MR) is 78.1 cm³/mol. The van der Waals surface area contributed by atoms with Gasteiger partial charge in [0.25, 0.3) is 0 Å². The lowest BCUT2D eigenvalue weighted by molar-refractivity contribution is -0.140. The Balaban J connectivity index is 0.000000293. The van der Waals surface area contributed by atoms with Crippen LogP contribution in [-0.2, 0) is 0 Å². The number of alkyl halides is 3. The van der Waals surface area contributed by atoms with Gasteiger partial charge >= 0.3 is 6.18 Å². The number of hydrogen-bond acceptors (Lipinski definition) is 2. The minimum absolute atomic E-state index is 0.174. The predicted octanol–water partition coefficient (Wildman–Crippen LogP) is 3.96. The van der Waals surface area contributed by atoms with Crippen molar-refractivity contribution in [3.63, 3.8) is 0 Å². The van der Waals surface area contributed by atoms with Gasteiger partial charge in [-0.05, 0) is 52.2 Å². The summed E-state index contributed by atoms with van der Waals surface area (Å²) in [5.74, 6) is -0.367. The number of rotatable bonds is 1. The lowest BCUT2D eigenvalue weighted by Crippen LogP contribution is -2.27. The monoisotopic (exact) mass is 328 g/mol. The van der Waals surface area contributed by atoms with Gasteiger partial charge in [-0.2, -0.15) is 13.2 Å². The van der Waals surface area contributed by atoms with E-state index in [0.717, 1.165) is 4.90 Å². The molecular formula is C14H21ClF4N2. The van der Waals surface area contributed by atoms with Gasteiger partial charge in [0.2, 0.25) is 0 Å². The molecule has 0 atom stereocenters. The van der Waals surface area contributed by atoms with Gasteiger partial charge in [-0.1, -0.05) is 23.7 Å². The van der Waals surface area contributed by atoms with Gasteiger partial charge in [-0.15, -0.1) is 0 Å². The van der Waals surface area contributed by atoms with Crippen LogP contribution in [0, 0.1) is 5.82 Å². The molecule has 0 aromatic heterocycles. The summed E-state index contributed by atoms with van der Waals surface area (Å²) >= 11 is 5.33. The van der Waals surface area contributed by atoms with Gasteiger partial charge in [0.05, 0.1) is 11.6 Å². The summed E-state index contributed by atoms with van der Waals surface area (Å²) in [5.41, 5.74) is 0. The van der Waals surface area contributed by atoms with Crippen molar-refractivity contribution in [3.05, 3.63) is 35.1 Å². The minimum atomic E-state index is -4.05. The molecule has 0 aliphatic carbocycles. The fraction of sp³-hybridized carbons (Fsp3) is 0.571. The largest absolute Gasteiger partial charge is 0.401 e. The lowest BCUT2D eigenvalue weighted by Gasteiger charge is -2.11. The molecule has 7 heteroatoms. The Morgan fingerprint density at radius 2 is 1.67 bits per heavy atom. The Labute approximate surface area is 128 Å². The molecule has 1 saturated heterocycles. The number of hydrogen-bond donors (Lipinski definition) is 1. The van der Waals surface area contributed by atoms with E-state index in [9.17, 15) is 17.6 Å². The maximum absolute atomic E-state index is 12.2. The van der Waals surface area contributed by atoms with E-state index in [0.29, 0.717) is 0 Å². The highest BCUT2D eigenvalue weighted by Gasteiger charge is 2.27. The molecule has 1 heterocycles. The van der Waals surface area contributed by atoms with E-state index in [-0.39, 0.29) is 10.8 Å². The smallest absolute Gasteiger partial charge is 0.317 e. The van der Waals surface area contributed by atoms with Crippen molar-refractivity contribution >= 4 is 11.6 Å². The van der Waals surface area contributed by atoms with Crippen LogP contribution in [0.3, 0.4) is 0 Å². The molecular weight excluding hydrogens is 308 g/mol. The molecule has 0 saturated carbocycles. The standard InChI is InChI=1S/C6H4ClF.C4H8F3N.C4H9N/c7-5-3-1-2-4-6(5)8;1-8(2)3-4(5,6)7;1-2-4-5-3-1/h1-4H;3H2,1-2H3;5H,1-4H2. The lowest BCUT2D eigenvalue weighted by atomic mass is 10.4. The molecule has 2 nitrogen and oxygen atoms in total. The second kappa shape index (κ2) is 10.8. The average molecular weight is 329 g/mol. The molecule has 1 N–H and O–H groups in total. The number of halogens is 5. The van der Waals surface area contributed by atoms with Gasteiger partial charge in [0.1, 0.15) is 5.82 Å². The Hall–Kier alpha value is -0.850. The first-order valence-corrected chi connectivity index (χ1v) is 6.92. The SMILES string of the molecule is C1CCNC1.CN(C)CC(F)(F)F.Fc1ccccc1Cl. The fourth-order valence-corrected chi connectivity index (χ4v) is 1.56. The summed E-state index contributed by atoms with van der Waals surface area (Å²) in [5, 5.41) is 3.40. The van der Waals surface area contributed by atoms with E-state index >= 15 is 0 Å². The average Bonchev–Trinajstić information content (AvgIpc) is 2.89. The summed E-state index contributed by atoms with van der Waals surface area (Å²) in [6.45, 7) is 1.66. The van der Waals surface area contributed by atoms with E-state index < -0.39 is 12.7 Å². The highest BCUT2D eigenvalue weighted by Crippen LogP contribution is 2.14. The topological polar surface area (TPSA) is 15.3 Å². The van der Waals surface area contributed by atoms with Crippen molar-refractivity contribution < 1.29 is 17.6 Å². The zero-order chi connectivity index (χ0) is 16.3. The molecule has 122 valence electrons. The second-order valence-corrected chi connectivity index (χ2v) is 5.13. The maximum atomic E-state index is 12.2. The molecule has 0 amide bonds. The van der Waals surface area contributed by atoms with Crippen LogP contribution in [0.2, 0.25) is 5.02 Å². The number of nitrogens with one attached hydrogen (secondary N) is 1. The van der Waals surface area contributed by atoms with Gasteiger partial charge < -0.3 is 10.2 Å². The zero-order valence-corrected chi connectivity index (χ0v) is 12.9. The Morgan fingerprint density at radius 1 is 1.14 bits per heavy atom. The van der Waals surface area contributed by atoms with E-state index in [1.807, 2.05) is 0 Å². The highest BCUT2D eigenvalue weighted by atomic mass is 35.5. The van der Waals surface area contributed by atoms with Gasteiger partial charge in [0, 0.05) is 0 Å². The number of nitrogens with zero attached hydrogens (tertiary/aromatic N) is 1. The van der Waals surface area contributed by atoms with Crippen LogP contribution in [-0.4, -0.2) is 44.8 Å². The molecule has 0 spiro atoms. The van der Waals surface area contributed by atoms with Gasteiger partial charge in [-0.3, -0.25) is 0 Å². The minimum Gasteiger partial charge on any atom is -0.317 e. The van der Waals surface area contributed by atoms with Crippen LogP contribution in [0.25, 0.3) is 0 Å². The van der Waals surface area contributed by atoms with Crippen molar-refractivity contribution in [1.29, 1.82) is 0 Å². The Morgan fingerprint density at radius 3 is 1.86 bits per heavy atom. The fourth-order valence-electron chi connectivity index (χ4n) is 1.42. The summed E-state index contributed by atoms with van der Waals surface area (Å²) < 4.78 is 46.0. The first kappa shape index (κ1) is 20.1. The molecule has 2 rings (SSSR count). The summed E-state index contributed by atoms with van der Waals surface area (Å²) in [6.07, 6.45) is -1.27. The van der Waals surface area contributed by atoms with E-state index in [1.54, 1.807) is 12.1 Å². The molecule has 1 aromatic carbocycles. The van der Waals surface area contributed by atoms with E-state index in [1.165, 1.54) is 52.2 Å². The Bertz CT molecular complexity index is 351. The summed E-state index contributed by atoms with van der Waals surface area (Å²) in [7, 11) is 2.76. The van der Waals surface area contributed by atoms with Crippen LogP contribution in [0.4, 0.5) is 17.6 Å². The van der Waals surface area contributed by atoms with Crippen molar-refractivity contribution in [3.8, 4) is 0 Å². The van der Waals surface area contributed by atoms with Crippen LogP contribution in [0.1, 0.15) is 12.8 Å². The van der Waals surface area contributed by atoms with Crippen LogP contribution in [0.15, 0.2) is 24.3 Å². The molecule has 1 aliphatic heterocycles. The summed E-state index contributed by atoms with van der Waals surface area (Å²) in [6, 6.07) is 6.12. The second-order valence-electron chi connectivity index (χ2n) is 4.72. The molecule has 0 radical (unpaired) electrons. The third-order valence-corrected chi connectivity index (χ3v) is 2.58. The van der Waals surface area contributed by atoms with Crippen LogP contribution in [0.5, 0.6) is 0 Å². The zero-order valence-electron chi connectivity index (χ0n) is 12.2. The van der Waals surface area contributed by atoms with E-state index in [4.69, 9.17) is 11.6 Å². The molecule has 0 bridgehead atoms. The first-order valence-electron chi connectivity index (χ1n) is 6.54. The first-order chi connectivity index (χ1) is 9.72. The summed E-state index contributed by atoms with van der Waals surface area (Å²) in [4.78, 5) is 1.08. The molecule has 1 aromatic rings. The Kier molecular flexibility index (Phi) is 10.4. The van der Waals surface area contributed by atoms with Gasteiger partial charge in [-0.25, -0.2) is 4.39 Å². The number of benzene rings is 1. The maximum Gasteiger partial charge on any atom is 0.401 e. The molecule has 0 unspecified atom stereocenters. The van der Waals surface area contributed by atoms with Crippen LogP contribution >= 0.6 is 11.6 Å². The van der Waals surface area contributed by atoms with Gasteiger partial charge in [0.15, 0.2) is 0 Å². The highest BCUT2D eigenvalue weighted by molar-refractivity contribution is 6.30. The third kappa shape index (κ3) is 13.9. The van der Waals surface area contributed by atoms with Crippen molar-refractivity contribution in [1.82, 2.24) is 10.2 Å². The third-order valence-electron chi connectivity index (χ3n) is 2.28. The van der Waals surface area contributed by atoms with Crippen LogP contribution < -0.4 is 5.32 Å². The molecule has 1 aliphatic rings. The quantitative estimate of drug-likeness (QED) is 0.785. The van der Waals surface area contributed by atoms with Crippen molar-refractivity contribution in [2.24, 2.45) is 0 Å². The van der Waals surface area contributed by atoms with Crippen molar-refractivity contribution in [2.45, 2.75) is 19.0 Å². The molecule has 21 heavy (non-hydrogen) atoms. The van der Waals surface area contributed by atoms with Crippen molar-refractivity contribution in [2.75, 3.05) is 33.7 Å². The van der Waals surface area contributed by atoms with E-state index in [2.05, 4.69) is 5.32 Å².